The van der Waals surface area contributed by atoms with Gasteiger partial charge in [0, 0.05) is 23.1 Å². The van der Waals surface area contributed by atoms with Crippen LogP contribution < -0.4 is 4.72 Å². The molecule has 0 aliphatic carbocycles. The summed E-state index contributed by atoms with van der Waals surface area (Å²) in [5.41, 5.74) is 3.21. The van der Waals surface area contributed by atoms with E-state index in [0.717, 1.165) is 54.3 Å². The van der Waals surface area contributed by atoms with Gasteiger partial charge in [-0.25, -0.2) is 10.2 Å². The summed E-state index contributed by atoms with van der Waals surface area (Å²) in [6.45, 7) is 1.10. The van der Waals surface area contributed by atoms with Crippen molar-refractivity contribution < 1.29 is 0 Å². The monoisotopic (exact) mass is 338 g/mol. The lowest BCUT2D eigenvalue weighted by Crippen LogP contribution is -2.22. The molecule has 2 aromatic rings. The van der Waals surface area contributed by atoms with Crippen LogP contribution in [0.5, 0.6) is 0 Å². The Morgan fingerprint density at radius 1 is 1.29 bits per heavy atom. The summed E-state index contributed by atoms with van der Waals surface area (Å²) in [6.07, 6.45) is 4.27. The number of rotatable bonds is 5. The fraction of sp³-hybridized carbons (Fsp3) is 0.444. The molecule has 0 amide bonds. The van der Waals surface area contributed by atoms with E-state index >= 15 is 0 Å². The molecule has 6 heteroatoms. The molecule has 1 aliphatic rings. The largest absolute Gasteiger partial charge is 0.328 e. The number of nitriles is 1. The van der Waals surface area contributed by atoms with Crippen LogP contribution in [-0.4, -0.2) is 35.9 Å². The van der Waals surface area contributed by atoms with Gasteiger partial charge in [0.15, 0.2) is 0 Å². The fourth-order valence-electron chi connectivity index (χ4n) is 3.14. The second-order valence-corrected chi connectivity index (χ2v) is 7.85. The Balaban J connectivity index is 1.71. The van der Waals surface area contributed by atoms with Crippen LogP contribution in [0.1, 0.15) is 18.5 Å². The van der Waals surface area contributed by atoms with Crippen LogP contribution in [0.15, 0.2) is 30.3 Å². The lowest BCUT2D eigenvalue weighted by Gasteiger charge is -2.23. The summed E-state index contributed by atoms with van der Waals surface area (Å²) in [7, 11) is 4.12. The molecule has 3 rings (SSSR count). The van der Waals surface area contributed by atoms with Crippen molar-refractivity contribution in [2.45, 2.75) is 37.3 Å². The Morgan fingerprint density at radius 2 is 2.08 bits per heavy atom. The maximum Gasteiger partial charge on any atom is 0.267 e. The number of pyridine rings is 1. The molecule has 1 fully saturated rings. The normalized spacial score (nSPS) is 15.7. The summed E-state index contributed by atoms with van der Waals surface area (Å²) in [6, 6.07) is 10.5. The Labute approximate surface area is 148 Å². The molecule has 1 aromatic carbocycles. The van der Waals surface area contributed by atoms with Crippen LogP contribution in [-0.2, 0) is 6.54 Å². The van der Waals surface area contributed by atoms with E-state index in [-0.39, 0.29) is 6.71 Å². The zero-order valence-electron chi connectivity index (χ0n) is 14.3. The highest BCUT2D eigenvalue weighted by atomic mass is 32.2. The van der Waals surface area contributed by atoms with Gasteiger partial charge in [0.2, 0.25) is 0 Å². The van der Waals surface area contributed by atoms with E-state index < -0.39 is 0 Å². The van der Waals surface area contributed by atoms with Gasteiger partial charge < -0.3 is 9.62 Å². The summed E-state index contributed by atoms with van der Waals surface area (Å²) in [5, 5.41) is 10.7. The van der Waals surface area contributed by atoms with Gasteiger partial charge in [-0.15, -0.1) is 0 Å². The van der Waals surface area contributed by atoms with Gasteiger partial charge in [0.05, 0.1) is 16.9 Å². The second-order valence-electron chi connectivity index (χ2n) is 6.74. The molecule has 24 heavy (non-hydrogen) atoms. The van der Waals surface area contributed by atoms with Crippen LogP contribution in [0.4, 0.5) is 5.69 Å². The topological polar surface area (TPSA) is 52.0 Å². The number of fused-ring (bicyclic) bond motifs is 1. The van der Waals surface area contributed by atoms with E-state index in [9.17, 15) is 0 Å². The summed E-state index contributed by atoms with van der Waals surface area (Å²) >= 11 is 1.79. The molecule has 1 aromatic heterocycles. The average molecular weight is 338 g/mol. The van der Waals surface area contributed by atoms with Gasteiger partial charge in [-0.2, -0.15) is 0 Å². The van der Waals surface area contributed by atoms with Gasteiger partial charge >= 0.3 is 0 Å². The Hall–Kier alpha value is -1.71. The van der Waals surface area contributed by atoms with Crippen LogP contribution in [0.25, 0.3) is 10.9 Å². The van der Waals surface area contributed by atoms with Crippen molar-refractivity contribution in [1.82, 2.24) is 9.88 Å². The smallest absolute Gasteiger partial charge is 0.267 e. The number of benzene rings is 1. The first-order valence-corrected chi connectivity index (χ1v) is 9.38. The van der Waals surface area contributed by atoms with E-state index in [1.54, 1.807) is 11.9 Å². The standard InChI is InChI=1S/C18H23BN4S/c1-23(2)12-15-7-6-14-4-3-5-17(18(14)21-15)22-24-16-8-10-19(13-20)11-9-16/h3-7,16,22H,8-12H2,1-2H3. The van der Waals surface area contributed by atoms with Crippen molar-refractivity contribution in [2.75, 3.05) is 18.8 Å². The number of hydrogen-bond acceptors (Lipinski definition) is 5. The zero-order chi connectivity index (χ0) is 16.9. The second kappa shape index (κ2) is 7.91. The van der Waals surface area contributed by atoms with Crippen LogP contribution in [0, 0.1) is 11.2 Å². The predicted molar refractivity (Wildman–Crippen MR) is 104 cm³/mol. The van der Waals surface area contributed by atoms with Gasteiger partial charge in [0.1, 0.15) is 0 Å². The third-order valence-corrected chi connectivity index (χ3v) is 5.59. The molecule has 4 nitrogen and oxygen atoms in total. The van der Waals surface area contributed by atoms with E-state index in [0.29, 0.717) is 5.25 Å². The summed E-state index contributed by atoms with van der Waals surface area (Å²) in [5.74, 6) is 2.40. The highest BCUT2D eigenvalue weighted by molar-refractivity contribution is 8.01. The molecular formula is C18H23BN4S. The highest BCUT2D eigenvalue weighted by Crippen LogP contribution is 2.32. The number of hydrogen-bond donors (Lipinski definition) is 1. The van der Waals surface area contributed by atoms with Gasteiger partial charge in [-0.3, -0.25) is 0 Å². The van der Waals surface area contributed by atoms with E-state index in [4.69, 9.17) is 10.2 Å². The first-order valence-electron chi connectivity index (χ1n) is 8.50. The fourth-order valence-corrected chi connectivity index (χ4v) is 4.10. The van der Waals surface area contributed by atoms with Crippen molar-refractivity contribution >= 4 is 35.3 Å². The number of nitrogens with zero attached hydrogens (tertiary/aromatic N) is 3. The summed E-state index contributed by atoms with van der Waals surface area (Å²) < 4.78 is 3.53. The lowest BCUT2D eigenvalue weighted by atomic mass is 9.43. The van der Waals surface area contributed by atoms with E-state index in [1.807, 2.05) is 0 Å². The van der Waals surface area contributed by atoms with Gasteiger partial charge in [-0.05, 0) is 51.0 Å². The zero-order valence-corrected chi connectivity index (χ0v) is 15.1. The molecule has 0 saturated carbocycles. The van der Waals surface area contributed by atoms with Crippen molar-refractivity contribution in [2.24, 2.45) is 0 Å². The number of aromatic nitrogens is 1. The molecule has 1 saturated heterocycles. The molecule has 0 spiro atoms. The highest BCUT2D eigenvalue weighted by Gasteiger charge is 2.24. The number of anilines is 1. The Bertz CT molecular complexity index is 735. The first kappa shape index (κ1) is 17.1. The van der Waals surface area contributed by atoms with Crippen molar-refractivity contribution in [3.63, 3.8) is 0 Å². The van der Waals surface area contributed by atoms with Crippen molar-refractivity contribution in [3.8, 4) is 5.97 Å². The molecule has 0 radical (unpaired) electrons. The Kier molecular flexibility index (Phi) is 5.65. The Morgan fingerprint density at radius 3 is 2.79 bits per heavy atom. The van der Waals surface area contributed by atoms with Crippen LogP contribution in [0.3, 0.4) is 0 Å². The molecule has 0 atom stereocenters. The molecular weight excluding hydrogens is 315 g/mol. The molecule has 2 heterocycles. The minimum absolute atomic E-state index is 0.259. The third kappa shape index (κ3) is 4.22. The predicted octanol–water partition coefficient (Wildman–Crippen LogP) is 4.08. The molecule has 1 aliphatic heterocycles. The van der Waals surface area contributed by atoms with Crippen molar-refractivity contribution in [3.05, 3.63) is 36.0 Å². The molecule has 124 valence electrons. The maximum atomic E-state index is 9.01. The average Bonchev–Trinajstić information content (AvgIpc) is 2.60. The quantitative estimate of drug-likeness (QED) is 0.658. The molecule has 1 N–H and O–H groups in total. The number of nitrogens with one attached hydrogen (secondary N) is 1. The van der Waals surface area contributed by atoms with Gasteiger partial charge in [0.25, 0.3) is 6.71 Å². The maximum absolute atomic E-state index is 9.01. The lowest BCUT2D eigenvalue weighted by molar-refractivity contribution is 0.397. The van der Waals surface area contributed by atoms with Gasteiger partial charge in [-0.1, -0.05) is 30.8 Å². The number of para-hydroxylation sites is 1. The molecule has 0 bridgehead atoms. The minimum atomic E-state index is 0.259. The van der Waals surface area contributed by atoms with E-state index in [1.165, 1.54) is 0 Å². The first-order chi connectivity index (χ1) is 11.7. The van der Waals surface area contributed by atoms with Crippen LogP contribution in [0.2, 0.25) is 12.6 Å². The SMILES string of the molecule is CN(C)Cc1ccc2cccc(NSC3CCB(C#N)CC3)c2n1. The van der Waals surface area contributed by atoms with E-state index in [2.05, 4.69) is 60.0 Å². The third-order valence-electron chi connectivity index (χ3n) is 4.45. The van der Waals surface area contributed by atoms with Crippen LogP contribution >= 0.6 is 11.9 Å². The minimum Gasteiger partial charge on any atom is -0.328 e. The molecule has 0 unspecified atom stereocenters. The van der Waals surface area contributed by atoms with Crippen molar-refractivity contribution in [1.29, 1.82) is 5.26 Å². The summed E-state index contributed by atoms with van der Waals surface area (Å²) in [4.78, 5) is 6.98.